The maximum atomic E-state index is 12.2. The molecule has 86 valence electrons. The van der Waals surface area contributed by atoms with Gasteiger partial charge in [0.2, 0.25) is 0 Å². The molecule has 5 heteroatoms. The minimum Gasteiger partial charge on any atom is -0.377 e. The number of hydrogen-bond donors (Lipinski definition) is 0. The average molecular weight is 232 g/mol. The number of carbonyl (C=O) groups is 1. The Morgan fingerprint density at radius 1 is 1.33 bits per heavy atom. The number of ether oxygens (including phenoxy) is 1. The molecule has 2 rings (SSSR count). The molecule has 4 nitrogen and oxygen atoms in total. The third kappa shape index (κ3) is 1.83. The van der Waals surface area contributed by atoms with Crippen LogP contribution in [-0.2, 0) is 19.4 Å². The van der Waals surface area contributed by atoms with Crippen LogP contribution in [0.5, 0.6) is 0 Å². The van der Waals surface area contributed by atoms with E-state index in [1.807, 2.05) is 0 Å². The van der Waals surface area contributed by atoms with E-state index in [1.165, 1.54) is 0 Å². The van der Waals surface area contributed by atoms with Gasteiger partial charge in [0.15, 0.2) is 15.6 Å². The first kappa shape index (κ1) is 11.1. The van der Waals surface area contributed by atoms with Gasteiger partial charge in [-0.15, -0.1) is 0 Å². The highest BCUT2D eigenvalue weighted by atomic mass is 32.2. The SMILES string of the molecule is CC1OCCC1S(=O)(=O)C1CCCC1=O. The molecule has 0 amide bonds. The van der Waals surface area contributed by atoms with Crippen molar-refractivity contribution in [1.82, 2.24) is 0 Å². The van der Waals surface area contributed by atoms with E-state index in [0.29, 0.717) is 32.3 Å². The smallest absolute Gasteiger partial charge is 0.165 e. The van der Waals surface area contributed by atoms with E-state index >= 15 is 0 Å². The fourth-order valence-corrected chi connectivity index (χ4v) is 4.92. The quantitative estimate of drug-likeness (QED) is 0.703. The minimum absolute atomic E-state index is 0.103. The Morgan fingerprint density at radius 2 is 2.07 bits per heavy atom. The molecular weight excluding hydrogens is 216 g/mol. The van der Waals surface area contributed by atoms with Crippen LogP contribution in [0.25, 0.3) is 0 Å². The summed E-state index contributed by atoms with van der Waals surface area (Å²) in [5.74, 6) is -0.103. The van der Waals surface area contributed by atoms with Crippen LogP contribution in [-0.4, -0.2) is 37.4 Å². The van der Waals surface area contributed by atoms with Crippen molar-refractivity contribution < 1.29 is 17.9 Å². The Bertz CT molecular complexity index is 360. The molecule has 0 radical (unpaired) electrons. The zero-order valence-electron chi connectivity index (χ0n) is 8.81. The van der Waals surface area contributed by atoms with E-state index in [0.717, 1.165) is 0 Å². The number of carbonyl (C=O) groups excluding carboxylic acids is 1. The summed E-state index contributed by atoms with van der Waals surface area (Å²) in [4.78, 5) is 11.5. The minimum atomic E-state index is -3.31. The molecule has 0 aromatic carbocycles. The Labute approximate surface area is 89.9 Å². The van der Waals surface area contributed by atoms with Crippen molar-refractivity contribution in [3.8, 4) is 0 Å². The molecule has 15 heavy (non-hydrogen) atoms. The van der Waals surface area contributed by atoms with Crippen molar-refractivity contribution in [1.29, 1.82) is 0 Å². The van der Waals surface area contributed by atoms with Crippen LogP contribution in [0, 0.1) is 0 Å². The summed E-state index contributed by atoms with van der Waals surface area (Å²) in [5, 5.41) is -1.21. The van der Waals surface area contributed by atoms with Crippen molar-refractivity contribution in [2.24, 2.45) is 0 Å². The second-order valence-corrected chi connectivity index (χ2v) is 6.69. The second-order valence-electron chi connectivity index (χ2n) is 4.34. The van der Waals surface area contributed by atoms with Gasteiger partial charge in [0.1, 0.15) is 5.25 Å². The van der Waals surface area contributed by atoms with Gasteiger partial charge in [-0.05, 0) is 26.2 Å². The molecule has 2 fully saturated rings. The van der Waals surface area contributed by atoms with E-state index in [4.69, 9.17) is 4.74 Å². The molecule has 0 aromatic heterocycles. The largest absolute Gasteiger partial charge is 0.377 e. The van der Waals surface area contributed by atoms with Crippen molar-refractivity contribution in [2.75, 3.05) is 6.61 Å². The van der Waals surface area contributed by atoms with Gasteiger partial charge in [0.25, 0.3) is 0 Å². The molecule has 1 aliphatic heterocycles. The van der Waals surface area contributed by atoms with Crippen molar-refractivity contribution in [2.45, 2.75) is 49.2 Å². The van der Waals surface area contributed by atoms with Crippen molar-refractivity contribution >= 4 is 15.6 Å². The molecule has 0 N–H and O–H groups in total. The summed E-state index contributed by atoms with van der Waals surface area (Å²) in [6, 6.07) is 0. The standard InChI is InChI=1S/C10H16O4S/c1-7-9(5-6-14-7)15(12,13)10-4-2-3-8(10)11/h7,9-10H,2-6H2,1H3. The topological polar surface area (TPSA) is 60.4 Å². The predicted octanol–water partition coefficient (Wildman–Crippen LogP) is 0.700. The average Bonchev–Trinajstić information content (AvgIpc) is 2.73. The van der Waals surface area contributed by atoms with E-state index in [1.54, 1.807) is 6.92 Å². The lowest BCUT2D eigenvalue weighted by atomic mass is 10.2. The maximum absolute atomic E-state index is 12.2. The summed E-state index contributed by atoms with van der Waals surface area (Å²) in [7, 11) is -3.31. The zero-order valence-corrected chi connectivity index (χ0v) is 9.63. The Morgan fingerprint density at radius 3 is 2.53 bits per heavy atom. The second kappa shape index (κ2) is 3.87. The van der Waals surface area contributed by atoms with E-state index in [2.05, 4.69) is 0 Å². The van der Waals surface area contributed by atoms with E-state index < -0.39 is 20.3 Å². The summed E-state index contributed by atoms with van der Waals surface area (Å²) in [5.41, 5.74) is 0. The molecule has 0 aromatic rings. The molecule has 2 aliphatic rings. The molecule has 1 aliphatic carbocycles. The lowest BCUT2D eigenvalue weighted by molar-refractivity contribution is -0.117. The van der Waals surface area contributed by atoms with Gasteiger partial charge in [0.05, 0.1) is 11.4 Å². The van der Waals surface area contributed by atoms with Gasteiger partial charge in [-0.2, -0.15) is 0 Å². The number of Topliss-reactive ketones (excluding diaryl/α,β-unsaturated/α-hetero) is 1. The van der Waals surface area contributed by atoms with Gasteiger partial charge in [-0.3, -0.25) is 4.79 Å². The lowest BCUT2D eigenvalue weighted by Gasteiger charge is -2.18. The van der Waals surface area contributed by atoms with Crippen LogP contribution in [0.15, 0.2) is 0 Å². The summed E-state index contributed by atoms with van der Waals surface area (Å²) in [6.45, 7) is 2.26. The third-order valence-electron chi connectivity index (χ3n) is 3.37. The molecule has 0 spiro atoms. The summed E-state index contributed by atoms with van der Waals surface area (Å²) >= 11 is 0. The van der Waals surface area contributed by atoms with Crippen LogP contribution >= 0.6 is 0 Å². The Balaban J connectivity index is 2.22. The zero-order chi connectivity index (χ0) is 11.1. The number of sulfone groups is 1. The lowest BCUT2D eigenvalue weighted by Crippen LogP contribution is -2.38. The Kier molecular flexibility index (Phi) is 2.85. The van der Waals surface area contributed by atoms with Crippen LogP contribution in [0.2, 0.25) is 0 Å². The number of ketones is 1. The van der Waals surface area contributed by atoms with Gasteiger partial charge < -0.3 is 4.74 Å². The van der Waals surface area contributed by atoms with E-state index in [-0.39, 0.29) is 11.9 Å². The normalized spacial score (nSPS) is 37.4. The molecular formula is C10H16O4S. The van der Waals surface area contributed by atoms with Crippen LogP contribution in [0.1, 0.15) is 32.6 Å². The molecule has 1 saturated heterocycles. The van der Waals surface area contributed by atoms with Crippen molar-refractivity contribution in [3.05, 3.63) is 0 Å². The monoisotopic (exact) mass is 232 g/mol. The highest BCUT2D eigenvalue weighted by molar-refractivity contribution is 7.93. The molecule has 0 bridgehead atoms. The fraction of sp³-hybridized carbons (Fsp3) is 0.900. The molecule has 3 unspecified atom stereocenters. The first-order valence-corrected chi connectivity index (χ1v) is 7.01. The van der Waals surface area contributed by atoms with Crippen LogP contribution in [0.4, 0.5) is 0 Å². The van der Waals surface area contributed by atoms with Crippen LogP contribution in [0.3, 0.4) is 0 Å². The third-order valence-corrected chi connectivity index (χ3v) is 6.13. The van der Waals surface area contributed by atoms with Gasteiger partial charge in [0, 0.05) is 13.0 Å². The predicted molar refractivity (Wildman–Crippen MR) is 55.4 cm³/mol. The molecule has 1 heterocycles. The number of rotatable bonds is 2. The highest BCUT2D eigenvalue weighted by Crippen LogP contribution is 2.30. The summed E-state index contributed by atoms with van der Waals surface area (Å²) in [6.07, 6.45) is 1.91. The van der Waals surface area contributed by atoms with Gasteiger partial charge >= 0.3 is 0 Å². The first-order chi connectivity index (χ1) is 7.03. The fourth-order valence-electron chi connectivity index (χ4n) is 2.49. The summed E-state index contributed by atoms with van der Waals surface area (Å²) < 4.78 is 29.6. The van der Waals surface area contributed by atoms with E-state index in [9.17, 15) is 13.2 Å². The Hall–Kier alpha value is -0.420. The first-order valence-electron chi connectivity index (χ1n) is 5.40. The van der Waals surface area contributed by atoms with Gasteiger partial charge in [-0.1, -0.05) is 0 Å². The molecule has 3 atom stereocenters. The van der Waals surface area contributed by atoms with Gasteiger partial charge in [-0.25, -0.2) is 8.42 Å². The highest BCUT2D eigenvalue weighted by Gasteiger charge is 2.45. The maximum Gasteiger partial charge on any atom is 0.165 e. The van der Waals surface area contributed by atoms with Crippen molar-refractivity contribution in [3.63, 3.8) is 0 Å². The van der Waals surface area contributed by atoms with Crippen LogP contribution < -0.4 is 0 Å². The molecule has 1 saturated carbocycles. The number of hydrogen-bond acceptors (Lipinski definition) is 4.